The maximum absolute atomic E-state index is 5.90. The first-order valence-corrected chi connectivity index (χ1v) is 7.46. The summed E-state index contributed by atoms with van der Waals surface area (Å²) in [5.41, 5.74) is 2.66. The van der Waals surface area contributed by atoms with Crippen molar-refractivity contribution >= 4 is 11.8 Å². The van der Waals surface area contributed by atoms with E-state index in [-0.39, 0.29) is 0 Å². The molecule has 2 nitrogen and oxygen atoms in total. The highest BCUT2D eigenvalue weighted by atomic mass is 32.2. The Morgan fingerprint density at radius 1 is 1.53 bits per heavy atom. The van der Waals surface area contributed by atoms with Crippen LogP contribution < -0.4 is 5.32 Å². The summed E-state index contributed by atoms with van der Waals surface area (Å²) in [7, 11) is 0. The second-order valence-corrected chi connectivity index (χ2v) is 5.58. The van der Waals surface area contributed by atoms with Gasteiger partial charge in [0.15, 0.2) is 0 Å². The summed E-state index contributed by atoms with van der Waals surface area (Å²) in [6, 6.07) is 9.06. The van der Waals surface area contributed by atoms with E-state index < -0.39 is 0 Å². The molecule has 1 fully saturated rings. The van der Waals surface area contributed by atoms with Gasteiger partial charge in [-0.3, -0.25) is 0 Å². The Kier molecular flexibility index (Phi) is 4.89. The van der Waals surface area contributed by atoms with Crippen molar-refractivity contribution in [3.63, 3.8) is 0 Å². The molecule has 1 aliphatic heterocycles. The zero-order chi connectivity index (χ0) is 12.1. The zero-order valence-corrected chi connectivity index (χ0v) is 11.4. The first-order valence-electron chi connectivity index (χ1n) is 6.30. The predicted octanol–water partition coefficient (Wildman–Crippen LogP) is 2.78. The monoisotopic (exact) mass is 251 g/mol. The lowest BCUT2D eigenvalue weighted by atomic mass is 10.00. The minimum absolute atomic E-state index is 0.301. The third-order valence-electron chi connectivity index (χ3n) is 3.04. The first-order chi connectivity index (χ1) is 8.31. The van der Waals surface area contributed by atoms with Crippen molar-refractivity contribution in [2.75, 3.05) is 24.7 Å². The lowest BCUT2D eigenvalue weighted by Crippen LogP contribution is -2.38. The fourth-order valence-corrected chi connectivity index (χ4v) is 3.15. The van der Waals surface area contributed by atoms with Gasteiger partial charge in [-0.2, -0.15) is 11.8 Å². The molecule has 1 aromatic rings. The van der Waals surface area contributed by atoms with Crippen molar-refractivity contribution in [2.24, 2.45) is 0 Å². The third-order valence-corrected chi connectivity index (χ3v) is 4.06. The predicted molar refractivity (Wildman–Crippen MR) is 74.7 cm³/mol. The summed E-state index contributed by atoms with van der Waals surface area (Å²) in [5.74, 6) is 2.22. The van der Waals surface area contributed by atoms with E-state index in [1.165, 1.54) is 11.1 Å². The Balaban J connectivity index is 2.15. The fourth-order valence-electron chi connectivity index (χ4n) is 2.25. The van der Waals surface area contributed by atoms with Gasteiger partial charge in [-0.15, -0.1) is 0 Å². The van der Waals surface area contributed by atoms with Gasteiger partial charge < -0.3 is 10.1 Å². The van der Waals surface area contributed by atoms with Crippen molar-refractivity contribution in [3.8, 4) is 0 Å². The maximum atomic E-state index is 5.90. The summed E-state index contributed by atoms with van der Waals surface area (Å²) >= 11 is 1.99. The molecule has 0 radical (unpaired) electrons. The third kappa shape index (κ3) is 3.47. The standard InChI is InChI=1S/C14H21NOS/c1-3-15-14(13-10-17-8-7-16-13)12-6-4-5-11(2)9-12/h4-6,9,13-15H,3,7-8,10H2,1-2H3. The maximum Gasteiger partial charge on any atom is 0.0860 e. The lowest BCUT2D eigenvalue weighted by Gasteiger charge is -2.31. The van der Waals surface area contributed by atoms with Crippen molar-refractivity contribution in [3.05, 3.63) is 35.4 Å². The first kappa shape index (κ1) is 12.9. The Bertz CT molecular complexity index is 350. The van der Waals surface area contributed by atoms with E-state index in [2.05, 4.69) is 43.4 Å². The average molecular weight is 251 g/mol. The molecule has 0 aliphatic carbocycles. The Hall–Kier alpha value is -0.510. The summed E-state index contributed by atoms with van der Waals surface area (Å²) in [4.78, 5) is 0. The van der Waals surface area contributed by atoms with Crippen LogP contribution in [0.25, 0.3) is 0 Å². The molecule has 2 rings (SSSR count). The molecule has 0 bridgehead atoms. The molecule has 1 N–H and O–H groups in total. The summed E-state index contributed by atoms with van der Waals surface area (Å²) in [6.45, 7) is 6.15. The molecule has 94 valence electrons. The largest absolute Gasteiger partial charge is 0.375 e. The van der Waals surface area contributed by atoms with Gasteiger partial charge in [0.1, 0.15) is 0 Å². The Labute approximate surface area is 108 Å². The summed E-state index contributed by atoms with van der Waals surface area (Å²) < 4.78 is 5.90. The number of nitrogens with one attached hydrogen (secondary N) is 1. The van der Waals surface area contributed by atoms with E-state index in [9.17, 15) is 0 Å². The van der Waals surface area contributed by atoms with Gasteiger partial charge >= 0.3 is 0 Å². The van der Waals surface area contributed by atoms with Gasteiger partial charge in [-0.25, -0.2) is 0 Å². The molecular formula is C14H21NOS. The van der Waals surface area contributed by atoms with Gasteiger partial charge in [0, 0.05) is 11.5 Å². The van der Waals surface area contributed by atoms with Crippen LogP contribution in [-0.4, -0.2) is 30.8 Å². The van der Waals surface area contributed by atoms with Crippen LogP contribution in [-0.2, 0) is 4.74 Å². The number of benzene rings is 1. The number of thioether (sulfide) groups is 1. The topological polar surface area (TPSA) is 21.3 Å². The van der Waals surface area contributed by atoms with Crippen LogP contribution >= 0.6 is 11.8 Å². The molecule has 1 saturated heterocycles. The van der Waals surface area contributed by atoms with Crippen molar-refractivity contribution in [1.82, 2.24) is 5.32 Å². The second-order valence-electron chi connectivity index (χ2n) is 4.43. The van der Waals surface area contributed by atoms with Gasteiger partial charge in [0.25, 0.3) is 0 Å². The molecule has 0 saturated carbocycles. The molecule has 1 aliphatic rings. The highest BCUT2D eigenvalue weighted by molar-refractivity contribution is 7.99. The van der Waals surface area contributed by atoms with E-state index in [0.29, 0.717) is 12.1 Å². The minimum atomic E-state index is 0.301. The zero-order valence-electron chi connectivity index (χ0n) is 10.6. The number of likely N-dealkylation sites (N-methyl/N-ethyl adjacent to an activating group) is 1. The van der Waals surface area contributed by atoms with Crippen molar-refractivity contribution < 1.29 is 4.74 Å². The molecule has 2 atom stereocenters. The Morgan fingerprint density at radius 2 is 2.41 bits per heavy atom. The van der Waals surface area contributed by atoms with E-state index in [4.69, 9.17) is 4.74 Å². The quantitative estimate of drug-likeness (QED) is 0.889. The molecule has 2 unspecified atom stereocenters. The SMILES string of the molecule is CCNC(c1cccc(C)c1)C1CSCCO1. The van der Waals surface area contributed by atoms with Crippen LogP contribution in [0.1, 0.15) is 24.1 Å². The molecule has 17 heavy (non-hydrogen) atoms. The van der Waals surface area contributed by atoms with E-state index in [1.807, 2.05) is 11.8 Å². The Morgan fingerprint density at radius 3 is 3.06 bits per heavy atom. The highest BCUT2D eigenvalue weighted by Gasteiger charge is 2.25. The second kappa shape index (κ2) is 6.43. The summed E-state index contributed by atoms with van der Waals surface area (Å²) in [6.07, 6.45) is 0.301. The van der Waals surface area contributed by atoms with Gasteiger partial charge in [0.05, 0.1) is 18.8 Å². The smallest absolute Gasteiger partial charge is 0.0860 e. The van der Waals surface area contributed by atoms with Crippen LogP contribution in [0.5, 0.6) is 0 Å². The number of hydrogen-bond donors (Lipinski definition) is 1. The number of ether oxygens (including phenoxy) is 1. The van der Waals surface area contributed by atoms with Crippen LogP contribution in [0.3, 0.4) is 0 Å². The molecular weight excluding hydrogens is 230 g/mol. The highest BCUT2D eigenvalue weighted by Crippen LogP contribution is 2.26. The molecule has 0 aromatic heterocycles. The van der Waals surface area contributed by atoms with E-state index >= 15 is 0 Å². The summed E-state index contributed by atoms with van der Waals surface area (Å²) in [5, 5.41) is 3.56. The van der Waals surface area contributed by atoms with Crippen LogP contribution in [0.2, 0.25) is 0 Å². The van der Waals surface area contributed by atoms with Crippen molar-refractivity contribution in [2.45, 2.75) is 26.0 Å². The molecule has 3 heteroatoms. The molecule has 1 heterocycles. The van der Waals surface area contributed by atoms with Gasteiger partial charge in [-0.1, -0.05) is 36.8 Å². The number of aryl methyl sites for hydroxylation is 1. The van der Waals surface area contributed by atoms with Gasteiger partial charge in [-0.05, 0) is 19.0 Å². The van der Waals surface area contributed by atoms with E-state index in [0.717, 1.165) is 24.7 Å². The number of rotatable bonds is 4. The average Bonchev–Trinajstić information content (AvgIpc) is 2.37. The van der Waals surface area contributed by atoms with Crippen LogP contribution in [0, 0.1) is 6.92 Å². The molecule has 0 amide bonds. The lowest BCUT2D eigenvalue weighted by molar-refractivity contribution is 0.0472. The van der Waals surface area contributed by atoms with Crippen LogP contribution in [0.15, 0.2) is 24.3 Å². The van der Waals surface area contributed by atoms with Crippen molar-refractivity contribution in [1.29, 1.82) is 0 Å². The fraction of sp³-hybridized carbons (Fsp3) is 0.571. The van der Waals surface area contributed by atoms with Gasteiger partial charge in [0.2, 0.25) is 0 Å². The normalized spacial score (nSPS) is 22.4. The molecule has 0 spiro atoms. The minimum Gasteiger partial charge on any atom is -0.375 e. The van der Waals surface area contributed by atoms with E-state index in [1.54, 1.807) is 0 Å². The van der Waals surface area contributed by atoms with Crippen LogP contribution in [0.4, 0.5) is 0 Å². The number of hydrogen-bond acceptors (Lipinski definition) is 3. The molecule has 1 aromatic carbocycles.